The molecule has 0 amide bonds. The molecule has 0 aromatic heterocycles. The average Bonchev–Trinajstić information content (AvgIpc) is 1.41. The van der Waals surface area contributed by atoms with Gasteiger partial charge in [-0.25, -0.2) is 12.7 Å². The molecular weight excluding hydrogens is 149 g/mol. The van der Waals surface area contributed by atoms with Gasteiger partial charge in [0, 0.05) is 32.7 Å². The Hall–Kier alpha value is 0.584. The maximum Gasteiger partial charge on any atom is 0 e. The van der Waals surface area contributed by atoms with Crippen molar-refractivity contribution in [1.29, 1.82) is 0 Å². The van der Waals surface area contributed by atoms with E-state index in [0.29, 0.717) is 0 Å². The molecule has 0 saturated carbocycles. The molecular formula is C5H7Y-. The predicted octanol–water partition coefficient (Wildman–Crippen LogP) is 1.55. The standard InChI is InChI=1S/C5H7.Y/c1-3-5-4-2;/h3-4H,1H2,2H3;/q-1;. The fourth-order valence-corrected chi connectivity index (χ4v) is 0.118. The summed E-state index contributed by atoms with van der Waals surface area (Å²) >= 11 is 0. The van der Waals surface area contributed by atoms with Crippen molar-refractivity contribution < 1.29 is 32.7 Å². The summed E-state index contributed by atoms with van der Waals surface area (Å²) in [5.41, 5.74) is 0. The van der Waals surface area contributed by atoms with E-state index in [1.54, 1.807) is 6.08 Å². The van der Waals surface area contributed by atoms with Crippen LogP contribution < -0.4 is 0 Å². The zero-order chi connectivity index (χ0) is 4.12. The van der Waals surface area contributed by atoms with Crippen LogP contribution in [-0.4, -0.2) is 0 Å². The van der Waals surface area contributed by atoms with E-state index in [2.05, 4.69) is 12.7 Å². The van der Waals surface area contributed by atoms with Gasteiger partial charge >= 0.3 is 0 Å². The molecule has 0 heterocycles. The molecule has 0 fully saturated rings. The van der Waals surface area contributed by atoms with E-state index in [4.69, 9.17) is 0 Å². The summed E-state index contributed by atoms with van der Waals surface area (Å²) in [5, 5.41) is 0. The van der Waals surface area contributed by atoms with Crippen LogP contribution in [0.15, 0.2) is 18.7 Å². The van der Waals surface area contributed by atoms with Gasteiger partial charge < -0.3 is 0 Å². The summed E-state index contributed by atoms with van der Waals surface area (Å²) < 4.78 is 0. The van der Waals surface area contributed by atoms with E-state index in [1.807, 2.05) is 13.0 Å². The third kappa shape index (κ3) is 8.82. The topological polar surface area (TPSA) is 0 Å². The first-order valence-corrected chi connectivity index (χ1v) is 1.56. The Balaban J connectivity index is 0. The third-order valence-electron chi connectivity index (χ3n) is 0.285. The molecule has 31 valence electrons. The fourth-order valence-electron chi connectivity index (χ4n) is 0.118. The van der Waals surface area contributed by atoms with Gasteiger partial charge in [-0.1, -0.05) is 6.92 Å². The van der Waals surface area contributed by atoms with Crippen LogP contribution in [0.25, 0.3) is 0 Å². The molecule has 0 bridgehead atoms. The van der Waals surface area contributed by atoms with E-state index >= 15 is 0 Å². The van der Waals surface area contributed by atoms with Crippen LogP contribution in [0.3, 0.4) is 0 Å². The second kappa shape index (κ2) is 9.13. The van der Waals surface area contributed by atoms with Crippen LogP contribution in [0.1, 0.15) is 6.92 Å². The van der Waals surface area contributed by atoms with Crippen molar-refractivity contribution in [3.05, 3.63) is 24.8 Å². The van der Waals surface area contributed by atoms with Crippen molar-refractivity contribution in [2.24, 2.45) is 0 Å². The van der Waals surface area contributed by atoms with Gasteiger partial charge in [0.05, 0.1) is 0 Å². The average molecular weight is 156 g/mol. The van der Waals surface area contributed by atoms with E-state index < -0.39 is 0 Å². The Bertz CT molecular complexity index is 45.9. The van der Waals surface area contributed by atoms with Crippen LogP contribution in [0.4, 0.5) is 0 Å². The van der Waals surface area contributed by atoms with Crippen molar-refractivity contribution in [2.75, 3.05) is 0 Å². The van der Waals surface area contributed by atoms with Gasteiger partial charge in [-0.3, -0.25) is 6.08 Å². The first-order chi connectivity index (χ1) is 2.41. The summed E-state index contributed by atoms with van der Waals surface area (Å²) in [5.74, 6) is 0. The van der Waals surface area contributed by atoms with Crippen LogP contribution in [-0.2, 0) is 32.7 Å². The minimum atomic E-state index is 0. The molecule has 6 heavy (non-hydrogen) atoms. The Morgan fingerprint density at radius 1 is 1.67 bits per heavy atom. The predicted molar refractivity (Wildman–Crippen MR) is 23.7 cm³/mol. The molecule has 0 aliphatic carbocycles. The zero-order valence-electron chi connectivity index (χ0n) is 3.94. The first kappa shape index (κ1) is 9.77. The Kier molecular flexibility index (Phi) is 14.9. The number of hydrogen-bond donors (Lipinski definition) is 0. The Morgan fingerprint density at radius 3 is 2.17 bits per heavy atom. The molecule has 1 radical (unpaired) electrons. The summed E-state index contributed by atoms with van der Waals surface area (Å²) in [7, 11) is 0. The van der Waals surface area contributed by atoms with Gasteiger partial charge in [0.25, 0.3) is 0 Å². The van der Waals surface area contributed by atoms with E-state index in [0.717, 1.165) is 0 Å². The summed E-state index contributed by atoms with van der Waals surface area (Å²) in [6.45, 7) is 5.31. The smallest absolute Gasteiger partial charge is 0 e. The van der Waals surface area contributed by atoms with Crippen molar-refractivity contribution in [3.63, 3.8) is 0 Å². The largest absolute Gasteiger partial charge is 0.256 e. The molecule has 0 unspecified atom stereocenters. The molecule has 0 aromatic rings. The Morgan fingerprint density at radius 2 is 2.17 bits per heavy atom. The van der Waals surface area contributed by atoms with Crippen LogP contribution >= 0.6 is 0 Å². The number of allylic oxidation sites excluding steroid dienone is 3. The van der Waals surface area contributed by atoms with Crippen molar-refractivity contribution in [1.82, 2.24) is 0 Å². The maximum absolute atomic E-state index is 3.41. The monoisotopic (exact) mass is 156 g/mol. The van der Waals surface area contributed by atoms with Gasteiger partial charge in [-0.05, 0) is 0 Å². The summed E-state index contributed by atoms with van der Waals surface area (Å²) in [6, 6.07) is 0. The fraction of sp³-hybridized carbons (Fsp3) is 0.200. The molecule has 0 spiro atoms. The van der Waals surface area contributed by atoms with Crippen LogP contribution in [0.2, 0.25) is 0 Å². The van der Waals surface area contributed by atoms with Gasteiger partial charge in [-0.15, -0.1) is 0 Å². The van der Waals surface area contributed by atoms with Gasteiger partial charge in [0.15, 0.2) is 0 Å². The second-order valence-electron chi connectivity index (χ2n) is 0.659. The Labute approximate surface area is 64.2 Å². The molecule has 0 aliphatic rings. The van der Waals surface area contributed by atoms with Gasteiger partial charge in [0.2, 0.25) is 0 Å². The van der Waals surface area contributed by atoms with Gasteiger partial charge in [0.1, 0.15) is 0 Å². The molecule has 1 heteroatoms. The van der Waals surface area contributed by atoms with Crippen LogP contribution in [0, 0.1) is 6.08 Å². The quantitative estimate of drug-likeness (QED) is 0.399. The van der Waals surface area contributed by atoms with Crippen molar-refractivity contribution >= 4 is 0 Å². The molecule has 0 N–H and O–H groups in total. The first-order valence-electron chi connectivity index (χ1n) is 1.56. The van der Waals surface area contributed by atoms with E-state index in [-0.39, 0.29) is 32.7 Å². The minimum Gasteiger partial charge on any atom is -0.256 e. The van der Waals surface area contributed by atoms with E-state index in [1.165, 1.54) is 0 Å². The molecule has 0 saturated heterocycles. The summed E-state index contributed by atoms with van der Waals surface area (Å²) in [4.78, 5) is 0. The minimum absolute atomic E-state index is 0. The normalized spacial score (nSPS) is 7.50. The maximum atomic E-state index is 3.41. The van der Waals surface area contributed by atoms with Crippen LogP contribution in [0.5, 0.6) is 0 Å². The molecule has 0 nitrogen and oxygen atoms in total. The van der Waals surface area contributed by atoms with E-state index in [9.17, 15) is 0 Å². The zero-order valence-corrected chi connectivity index (χ0v) is 6.78. The molecule has 0 aliphatic heterocycles. The van der Waals surface area contributed by atoms with Gasteiger partial charge in [-0.2, -0.15) is 6.08 Å². The van der Waals surface area contributed by atoms with Crippen molar-refractivity contribution in [3.8, 4) is 0 Å². The molecule has 0 rings (SSSR count). The third-order valence-corrected chi connectivity index (χ3v) is 0.285. The number of hydrogen-bond acceptors (Lipinski definition) is 0. The number of rotatable bonds is 1. The second-order valence-corrected chi connectivity index (χ2v) is 0.659. The molecule has 0 aromatic carbocycles. The SMILES string of the molecule is C=C[C-]=CC.[Y]. The van der Waals surface area contributed by atoms with Crippen molar-refractivity contribution in [2.45, 2.75) is 6.92 Å². The summed E-state index contributed by atoms with van der Waals surface area (Å²) in [6.07, 6.45) is 6.19. The molecule has 0 atom stereocenters.